The zero-order chi connectivity index (χ0) is 13.8. The van der Waals surface area contributed by atoms with Gasteiger partial charge in [0, 0.05) is 17.7 Å². The van der Waals surface area contributed by atoms with Crippen molar-refractivity contribution in [2.24, 2.45) is 0 Å². The molecule has 0 saturated heterocycles. The number of hydrogen-bond donors (Lipinski definition) is 1. The summed E-state index contributed by atoms with van der Waals surface area (Å²) in [5.74, 6) is 0.876. The van der Waals surface area contributed by atoms with E-state index < -0.39 is 0 Å². The van der Waals surface area contributed by atoms with Crippen LogP contribution in [0.3, 0.4) is 0 Å². The van der Waals surface area contributed by atoms with Gasteiger partial charge >= 0.3 is 0 Å². The lowest BCUT2D eigenvalue weighted by Crippen LogP contribution is -2.05. The Morgan fingerprint density at radius 2 is 1.89 bits per heavy atom. The average molecular weight is 296 g/mol. The Morgan fingerprint density at radius 3 is 2.53 bits per heavy atom. The maximum absolute atomic E-state index is 6.07. The van der Waals surface area contributed by atoms with Crippen LogP contribution in [0, 0.1) is 0 Å². The van der Waals surface area contributed by atoms with E-state index >= 15 is 0 Å². The number of rotatable bonds is 4. The molecule has 1 heterocycles. The van der Waals surface area contributed by atoms with Crippen molar-refractivity contribution in [1.82, 2.24) is 9.97 Å². The van der Waals surface area contributed by atoms with E-state index in [1.807, 2.05) is 19.1 Å². The fraction of sp³-hybridized carbons (Fsp3) is 0.286. The number of benzene rings is 1. The van der Waals surface area contributed by atoms with Gasteiger partial charge in [0.1, 0.15) is 12.1 Å². The molecule has 0 fully saturated rings. The molecule has 3 nitrogen and oxygen atoms in total. The van der Waals surface area contributed by atoms with Gasteiger partial charge in [0.25, 0.3) is 0 Å². The van der Waals surface area contributed by atoms with E-state index in [0.29, 0.717) is 10.0 Å². The zero-order valence-electron chi connectivity index (χ0n) is 10.9. The monoisotopic (exact) mass is 295 g/mol. The number of halogens is 2. The first-order valence-corrected chi connectivity index (χ1v) is 6.96. The van der Waals surface area contributed by atoms with Gasteiger partial charge in [-0.1, -0.05) is 36.2 Å². The number of anilines is 1. The Balaban J connectivity index is 2.54. The first-order valence-electron chi connectivity index (χ1n) is 6.20. The zero-order valence-corrected chi connectivity index (χ0v) is 12.4. The summed E-state index contributed by atoms with van der Waals surface area (Å²) in [5, 5.41) is 4.33. The fourth-order valence-corrected chi connectivity index (χ4v) is 2.26. The van der Waals surface area contributed by atoms with Crippen molar-refractivity contribution in [1.29, 1.82) is 0 Å². The van der Waals surface area contributed by atoms with Gasteiger partial charge in [0.15, 0.2) is 0 Å². The summed E-state index contributed by atoms with van der Waals surface area (Å²) in [6, 6.07) is 5.54. The predicted octanol–water partition coefficient (Wildman–Crippen LogP) is 4.44. The molecule has 0 atom stereocenters. The van der Waals surface area contributed by atoms with Crippen LogP contribution in [0.25, 0.3) is 11.3 Å². The molecule has 0 saturated carbocycles. The highest BCUT2D eigenvalue weighted by atomic mass is 35.5. The van der Waals surface area contributed by atoms with E-state index in [1.54, 1.807) is 12.4 Å². The van der Waals surface area contributed by atoms with Crippen molar-refractivity contribution < 1.29 is 0 Å². The topological polar surface area (TPSA) is 37.8 Å². The molecule has 2 aromatic rings. The van der Waals surface area contributed by atoms with E-state index in [1.165, 1.54) is 0 Å². The summed E-state index contributed by atoms with van der Waals surface area (Å²) in [6.07, 6.45) is 2.41. The van der Waals surface area contributed by atoms with Crippen LogP contribution < -0.4 is 5.32 Å². The highest BCUT2D eigenvalue weighted by Crippen LogP contribution is 2.31. The Labute approximate surface area is 123 Å². The van der Waals surface area contributed by atoms with Gasteiger partial charge in [-0.15, -0.1) is 0 Å². The van der Waals surface area contributed by atoms with Gasteiger partial charge in [-0.3, -0.25) is 0 Å². The quantitative estimate of drug-likeness (QED) is 0.906. The van der Waals surface area contributed by atoms with Crippen LogP contribution in [0.15, 0.2) is 24.5 Å². The van der Waals surface area contributed by atoms with Crippen LogP contribution in [0.1, 0.15) is 19.4 Å². The summed E-state index contributed by atoms with van der Waals surface area (Å²) >= 11 is 12.0. The van der Waals surface area contributed by atoms with Crippen LogP contribution in [-0.4, -0.2) is 16.5 Å². The van der Waals surface area contributed by atoms with Gasteiger partial charge in [0.2, 0.25) is 0 Å². The van der Waals surface area contributed by atoms with Gasteiger partial charge in [0.05, 0.1) is 15.7 Å². The molecular formula is C14H15Cl2N3. The Morgan fingerprint density at radius 1 is 1.11 bits per heavy atom. The van der Waals surface area contributed by atoms with E-state index in [4.69, 9.17) is 23.2 Å². The summed E-state index contributed by atoms with van der Waals surface area (Å²) in [5.41, 5.74) is 2.93. The Kier molecular flexibility index (Phi) is 4.61. The number of nitrogens with one attached hydrogen (secondary N) is 1. The summed E-state index contributed by atoms with van der Waals surface area (Å²) < 4.78 is 0. The third kappa shape index (κ3) is 2.99. The number of hydrogen-bond acceptors (Lipinski definition) is 3. The van der Waals surface area contributed by atoms with Crippen molar-refractivity contribution in [2.45, 2.75) is 20.3 Å². The van der Waals surface area contributed by atoms with Crippen molar-refractivity contribution >= 4 is 29.0 Å². The highest BCUT2D eigenvalue weighted by molar-refractivity contribution is 6.42. The van der Waals surface area contributed by atoms with Gasteiger partial charge in [-0.25, -0.2) is 9.97 Å². The molecule has 0 amide bonds. The third-order valence-corrected chi connectivity index (χ3v) is 3.58. The van der Waals surface area contributed by atoms with Gasteiger partial charge in [-0.05, 0) is 25.5 Å². The van der Waals surface area contributed by atoms with Crippen LogP contribution in [0.4, 0.5) is 5.82 Å². The lowest BCUT2D eigenvalue weighted by atomic mass is 10.0. The SMILES string of the molecule is CCNc1ncnc(-c2ccc(Cl)c(Cl)c2)c1CC. The van der Waals surface area contributed by atoms with Crippen molar-refractivity contribution in [2.75, 3.05) is 11.9 Å². The summed E-state index contributed by atoms with van der Waals surface area (Å²) in [6.45, 7) is 4.95. The average Bonchev–Trinajstić information content (AvgIpc) is 2.42. The minimum Gasteiger partial charge on any atom is -0.370 e. The van der Waals surface area contributed by atoms with E-state index in [-0.39, 0.29) is 0 Å². The molecule has 2 rings (SSSR count). The van der Waals surface area contributed by atoms with E-state index in [2.05, 4.69) is 22.2 Å². The molecule has 0 bridgehead atoms. The molecule has 0 spiro atoms. The first kappa shape index (κ1) is 14.1. The normalized spacial score (nSPS) is 10.5. The van der Waals surface area contributed by atoms with Crippen molar-refractivity contribution in [3.8, 4) is 11.3 Å². The van der Waals surface area contributed by atoms with Gasteiger partial charge in [-0.2, -0.15) is 0 Å². The number of aromatic nitrogens is 2. The molecule has 0 aliphatic carbocycles. The smallest absolute Gasteiger partial charge is 0.133 e. The molecule has 0 unspecified atom stereocenters. The lowest BCUT2D eigenvalue weighted by molar-refractivity contribution is 1.03. The maximum Gasteiger partial charge on any atom is 0.133 e. The molecule has 5 heteroatoms. The lowest BCUT2D eigenvalue weighted by Gasteiger charge is -2.12. The molecule has 1 N–H and O–H groups in total. The molecular weight excluding hydrogens is 281 g/mol. The molecule has 100 valence electrons. The predicted molar refractivity (Wildman–Crippen MR) is 81.0 cm³/mol. The van der Waals surface area contributed by atoms with Crippen LogP contribution >= 0.6 is 23.2 Å². The van der Waals surface area contributed by atoms with Crippen LogP contribution in [-0.2, 0) is 6.42 Å². The number of nitrogens with zero attached hydrogens (tertiary/aromatic N) is 2. The standard InChI is InChI=1S/C14H15Cl2N3/c1-3-10-13(18-8-19-14(10)17-4-2)9-5-6-11(15)12(16)7-9/h5-8H,3-4H2,1-2H3,(H,17,18,19). The van der Waals surface area contributed by atoms with E-state index in [9.17, 15) is 0 Å². The summed E-state index contributed by atoms with van der Waals surface area (Å²) in [7, 11) is 0. The molecule has 0 aliphatic heterocycles. The molecule has 0 radical (unpaired) electrons. The second-order valence-corrected chi connectivity index (χ2v) is 4.88. The highest BCUT2D eigenvalue weighted by Gasteiger charge is 2.12. The minimum absolute atomic E-state index is 0.532. The second-order valence-electron chi connectivity index (χ2n) is 4.06. The largest absolute Gasteiger partial charge is 0.370 e. The Hall–Kier alpha value is -1.32. The maximum atomic E-state index is 6.07. The summed E-state index contributed by atoms with van der Waals surface area (Å²) in [4.78, 5) is 8.66. The van der Waals surface area contributed by atoms with Gasteiger partial charge < -0.3 is 5.32 Å². The third-order valence-electron chi connectivity index (χ3n) is 2.84. The second kappa shape index (κ2) is 6.22. The molecule has 0 aliphatic rings. The Bertz CT molecular complexity index is 585. The molecule has 19 heavy (non-hydrogen) atoms. The minimum atomic E-state index is 0.532. The first-order chi connectivity index (χ1) is 9.17. The van der Waals surface area contributed by atoms with E-state index in [0.717, 1.165) is 35.6 Å². The van der Waals surface area contributed by atoms with Crippen molar-refractivity contribution in [3.05, 3.63) is 40.1 Å². The van der Waals surface area contributed by atoms with Crippen LogP contribution in [0.5, 0.6) is 0 Å². The molecule has 1 aromatic heterocycles. The van der Waals surface area contributed by atoms with Crippen LogP contribution in [0.2, 0.25) is 10.0 Å². The fourth-order valence-electron chi connectivity index (χ4n) is 1.96. The van der Waals surface area contributed by atoms with Crippen molar-refractivity contribution in [3.63, 3.8) is 0 Å². The molecule has 1 aromatic carbocycles.